The van der Waals surface area contributed by atoms with Crippen LogP contribution in [0, 0.1) is 0 Å². The van der Waals surface area contributed by atoms with Crippen LogP contribution in [0.1, 0.15) is 33.1 Å². The lowest BCUT2D eigenvalue weighted by molar-refractivity contribution is -0.133. The zero-order chi connectivity index (χ0) is 11.6. The van der Waals surface area contributed by atoms with Gasteiger partial charge in [-0.2, -0.15) is 0 Å². The zero-order valence-corrected chi connectivity index (χ0v) is 9.75. The van der Waals surface area contributed by atoms with Crippen molar-refractivity contribution in [3.63, 3.8) is 0 Å². The minimum Gasteiger partial charge on any atom is -0.475 e. The van der Waals surface area contributed by atoms with Gasteiger partial charge >= 0.3 is 0 Å². The number of ether oxygens (including phenoxy) is 1. The Morgan fingerprint density at radius 1 is 1.31 bits per heavy atom. The van der Waals surface area contributed by atoms with E-state index in [2.05, 4.69) is 12.2 Å². The van der Waals surface area contributed by atoms with Crippen LogP contribution in [0.2, 0.25) is 0 Å². The van der Waals surface area contributed by atoms with Crippen LogP contribution in [0.4, 0.5) is 5.69 Å². The second-order valence-electron chi connectivity index (χ2n) is 4.15. The molecule has 0 fully saturated rings. The summed E-state index contributed by atoms with van der Waals surface area (Å²) >= 11 is 0. The van der Waals surface area contributed by atoms with Crippen LogP contribution in [0.5, 0.6) is 5.75 Å². The quantitative estimate of drug-likeness (QED) is 0.848. The minimum absolute atomic E-state index is 0.0180. The summed E-state index contributed by atoms with van der Waals surface area (Å²) in [6.07, 6.45) is 2.38. The number of para-hydroxylation sites is 2. The Bertz CT molecular complexity index is 403. The summed E-state index contributed by atoms with van der Waals surface area (Å²) in [5.41, 5.74) is 0.0935. The number of carbonyl (C=O) groups is 1. The Hall–Kier alpha value is -1.51. The van der Waals surface area contributed by atoms with Crippen molar-refractivity contribution in [1.82, 2.24) is 0 Å². The molecule has 1 N–H and O–H groups in total. The zero-order valence-electron chi connectivity index (χ0n) is 9.75. The lowest BCUT2D eigenvalue weighted by Gasteiger charge is -2.36. The Balaban J connectivity index is 2.36. The molecule has 1 atom stereocenters. The molecule has 0 aromatic heterocycles. The second kappa shape index (κ2) is 4.16. The normalized spacial score (nSPS) is 23.2. The monoisotopic (exact) mass is 219 g/mol. The number of fused-ring (bicyclic) bond motifs is 1. The smallest absolute Gasteiger partial charge is 0.268 e. The Morgan fingerprint density at radius 3 is 2.75 bits per heavy atom. The molecule has 0 bridgehead atoms. The summed E-state index contributed by atoms with van der Waals surface area (Å²) < 4.78 is 5.91. The lowest BCUT2D eigenvalue weighted by Crippen LogP contribution is -2.50. The van der Waals surface area contributed by atoms with Crippen LogP contribution in [0.15, 0.2) is 24.3 Å². The maximum Gasteiger partial charge on any atom is 0.268 e. The van der Waals surface area contributed by atoms with E-state index in [4.69, 9.17) is 4.74 Å². The van der Waals surface area contributed by atoms with Gasteiger partial charge in [-0.05, 0) is 25.0 Å². The van der Waals surface area contributed by atoms with Gasteiger partial charge in [-0.1, -0.05) is 32.4 Å². The number of hydrogen-bond donors (Lipinski definition) is 1. The highest BCUT2D eigenvalue weighted by Crippen LogP contribution is 2.36. The van der Waals surface area contributed by atoms with E-state index in [-0.39, 0.29) is 5.91 Å². The van der Waals surface area contributed by atoms with Crippen molar-refractivity contribution in [2.45, 2.75) is 38.7 Å². The molecule has 1 heterocycles. The van der Waals surface area contributed by atoms with Crippen molar-refractivity contribution < 1.29 is 9.53 Å². The standard InChI is InChI=1S/C13H17NO2/c1-3-9-13(4-2)12(15)14-10-7-5-6-8-11(10)16-13/h5-8H,3-4,9H2,1-2H3,(H,14,15). The van der Waals surface area contributed by atoms with Crippen LogP contribution < -0.4 is 10.1 Å². The summed E-state index contributed by atoms with van der Waals surface area (Å²) in [7, 11) is 0. The molecule has 0 radical (unpaired) electrons. The SMILES string of the molecule is CCCC1(CC)Oc2ccccc2NC1=O. The van der Waals surface area contributed by atoms with Crippen LogP contribution >= 0.6 is 0 Å². The van der Waals surface area contributed by atoms with Crippen LogP contribution in [0.25, 0.3) is 0 Å². The van der Waals surface area contributed by atoms with Crippen LogP contribution in [-0.2, 0) is 4.79 Å². The molecule has 1 unspecified atom stereocenters. The highest BCUT2D eigenvalue weighted by molar-refractivity contribution is 6.00. The molecule has 0 saturated carbocycles. The molecule has 86 valence electrons. The third kappa shape index (κ3) is 1.66. The molecule has 1 aliphatic heterocycles. The second-order valence-corrected chi connectivity index (χ2v) is 4.15. The summed E-state index contributed by atoms with van der Waals surface area (Å²) in [6.45, 7) is 4.05. The number of benzene rings is 1. The molecule has 2 rings (SSSR count). The molecule has 3 heteroatoms. The first kappa shape index (κ1) is 11.0. The van der Waals surface area contributed by atoms with Gasteiger partial charge in [-0.3, -0.25) is 4.79 Å². The summed E-state index contributed by atoms with van der Waals surface area (Å²) in [5.74, 6) is 0.757. The highest BCUT2D eigenvalue weighted by Gasteiger charge is 2.41. The molecule has 16 heavy (non-hydrogen) atoms. The number of rotatable bonds is 3. The fraction of sp³-hybridized carbons (Fsp3) is 0.462. The molecule has 1 aromatic rings. The van der Waals surface area contributed by atoms with E-state index in [0.29, 0.717) is 6.42 Å². The number of carbonyl (C=O) groups excluding carboxylic acids is 1. The van der Waals surface area contributed by atoms with Crippen molar-refractivity contribution in [3.05, 3.63) is 24.3 Å². The van der Waals surface area contributed by atoms with Crippen molar-refractivity contribution >= 4 is 11.6 Å². The van der Waals surface area contributed by atoms with Gasteiger partial charge in [0, 0.05) is 0 Å². The fourth-order valence-electron chi connectivity index (χ4n) is 2.13. The van der Waals surface area contributed by atoms with Crippen molar-refractivity contribution in [2.75, 3.05) is 5.32 Å². The van der Waals surface area contributed by atoms with Gasteiger partial charge in [0.1, 0.15) is 5.75 Å². The van der Waals surface area contributed by atoms with E-state index < -0.39 is 5.60 Å². The average molecular weight is 219 g/mol. The first-order valence-corrected chi connectivity index (χ1v) is 5.81. The first-order valence-electron chi connectivity index (χ1n) is 5.81. The lowest BCUT2D eigenvalue weighted by atomic mass is 9.92. The largest absolute Gasteiger partial charge is 0.475 e. The van der Waals surface area contributed by atoms with Gasteiger partial charge in [0.15, 0.2) is 5.60 Å². The number of anilines is 1. The Kier molecular flexibility index (Phi) is 2.86. The van der Waals surface area contributed by atoms with Crippen molar-refractivity contribution in [2.24, 2.45) is 0 Å². The molecule has 0 aliphatic carbocycles. The number of amides is 1. The van der Waals surface area contributed by atoms with E-state index in [1.54, 1.807) is 0 Å². The maximum atomic E-state index is 12.1. The van der Waals surface area contributed by atoms with Crippen LogP contribution in [0.3, 0.4) is 0 Å². The molecule has 3 nitrogen and oxygen atoms in total. The summed E-state index contributed by atoms with van der Waals surface area (Å²) in [5, 5.41) is 2.92. The van der Waals surface area contributed by atoms with Gasteiger partial charge in [0.25, 0.3) is 5.91 Å². The van der Waals surface area contributed by atoms with Gasteiger partial charge in [0.2, 0.25) is 0 Å². The van der Waals surface area contributed by atoms with E-state index >= 15 is 0 Å². The maximum absolute atomic E-state index is 12.1. The van der Waals surface area contributed by atoms with Gasteiger partial charge in [-0.25, -0.2) is 0 Å². The molecule has 0 saturated heterocycles. The number of nitrogens with one attached hydrogen (secondary N) is 1. The van der Waals surface area contributed by atoms with Crippen molar-refractivity contribution in [3.8, 4) is 5.75 Å². The molecule has 1 aliphatic rings. The van der Waals surface area contributed by atoms with Crippen LogP contribution in [-0.4, -0.2) is 11.5 Å². The van der Waals surface area contributed by atoms with E-state index in [1.807, 2.05) is 31.2 Å². The van der Waals surface area contributed by atoms with E-state index in [1.165, 1.54) is 0 Å². The number of hydrogen-bond acceptors (Lipinski definition) is 2. The fourth-order valence-corrected chi connectivity index (χ4v) is 2.13. The minimum atomic E-state index is -0.677. The highest BCUT2D eigenvalue weighted by atomic mass is 16.5. The average Bonchev–Trinajstić information content (AvgIpc) is 2.30. The van der Waals surface area contributed by atoms with Gasteiger partial charge in [0.05, 0.1) is 5.69 Å². The predicted octanol–water partition coefficient (Wildman–Crippen LogP) is 2.97. The summed E-state index contributed by atoms with van der Waals surface area (Å²) in [6, 6.07) is 7.57. The molecule has 0 spiro atoms. The van der Waals surface area contributed by atoms with Crippen molar-refractivity contribution in [1.29, 1.82) is 0 Å². The first-order chi connectivity index (χ1) is 7.72. The summed E-state index contributed by atoms with van der Waals surface area (Å²) in [4.78, 5) is 12.1. The van der Waals surface area contributed by atoms with Gasteiger partial charge < -0.3 is 10.1 Å². The Morgan fingerprint density at radius 2 is 2.06 bits per heavy atom. The molecular weight excluding hydrogens is 202 g/mol. The molecule has 1 aromatic carbocycles. The topological polar surface area (TPSA) is 38.3 Å². The molecular formula is C13H17NO2. The Labute approximate surface area is 95.8 Å². The third-order valence-corrected chi connectivity index (χ3v) is 3.08. The molecule has 1 amide bonds. The van der Waals surface area contributed by atoms with E-state index in [9.17, 15) is 4.79 Å². The predicted molar refractivity (Wildman–Crippen MR) is 63.6 cm³/mol. The van der Waals surface area contributed by atoms with Gasteiger partial charge in [-0.15, -0.1) is 0 Å². The van der Waals surface area contributed by atoms with E-state index in [0.717, 1.165) is 24.3 Å². The third-order valence-electron chi connectivity index (χ3n) is 3.08.